The van der Waals surface area contributed by atoms with Gasteiger partial charge in [0.15, 0.2) is 5.65 Å². The molecule has 0 saturated carbocycles. The minimum absolute atomic E-state index is 0.0517. The van der Waals surface area contributed by atoms with Gasteiger partial charge in [0.25, 0.3) is 0 Å². The topological polar surface area (TPSA) is 112 Å². The summed E-state index contributed by atoms with van der Waals surface area (Å²) < 4.78 is 30.5. The zero-order chi connectivity index (χ0) is 26.7. The SMILES string of the molecule is N#Cc1cccc(S(=O)(=O)NCc2cccc(CNc3cc(-c4ccccc4Cl)nc4c(Br)cnn34)c2)c1. The largest absolute Gasteiger partial charge is 0.366 e. The van der Waals surface area contributed by atoms with Gasteiger partial charge in [-0.15, -0.1) is 0 Å². The molecule has 8 nitrogen and oxygen atoms in total. The molecule has 0 spiro atoms. The summed E-state index contributed by atoms with van der Waals surface area (Å²) in [4.78, 5) is 4.78. The van der Waals surface area contributed by atoms with Crippen LogP contribution in [0.5, 0.6) is 0 Å². The molecule has 0 fully saturated rings. The Morgan fingerprint density at radius 2 is 1.74 bits per heavy atom. The number of sulfonamides is 1. The maximum Gasteiger partial charge on any atom is 0.240 e. The number of halogens is 2. The molecule has 5 aromatic rings. The Hall–Kier alpha value is -3.75. The summed E-state index contributed by atoms with van der Waals surface area (Å²) in [5, 5.41) is 17.5. The standard InChI is InChI=1S/C27H20BrClN6O2S/c28-23-17-32-35-26(13-25(34-27(23)35)22-9-1-2-10-24(22)29)31-15-19-6-3-7-20(11-19)16-33-38(36,37)21-8-4-5-18(12-21)14-30/h1-13,17,31,33H,15-16H2. The van der Waals surface area contributed by atoms with Crippen LogP contribution in [0.4, 0.5) is 5.82 Å². The fourth-order valence-corrected chi connectivity index (χ4v) is 5.55. The van der Waals surface area contributed by atoms with Gasteiger partial charge >= 0.3 is 0 Å². The van der Waals surface area contributed by atoms with Gasteiger partial charge in [0.2, 0.25) is 10.0 Å². The fraction of sp³-hybridized carbons (Fsp3) is 0.0741. The van der Waals surface area contributed by atoms with Gasteiger partial charge in [-0.1, -0.05) is 60.1 Å². The van der Waals surface area contributed by atoms with Crippen LogP contribution < -0.4 is 10.0 Å². The fourth-order valence-electron chi connectivity index (χ4n) is 3.91. The van der Waals surface area contributed by atoms with E-state index in [0.29, 0.717) is 22.9 Å². The summed E-state index contributed by atoms with van der Waals surface area (Å²) in [6.07, 6.45) is 1.68. The molecule has 0 bridgehead atoms. The van der Waals surface area contributed by atoms with Crippen molar-refractivity contribution in [2.75, 3.05) is 5.32 Å². The quantitative estimate of drug-likeness (QED) is 0.232. The molecule has 38 heavy (non-hydrogen) atoms. The van der Waals surface area contributed by atoms with Crippen molar-refractivity contribution < 1.29 is 8.42 Å². The maximum atomic E-state index is 12.7. The van der Waals surface area contributed by atoms with E-state index in [-0.39, 0.29) is 17.0 Å². The summed E-state index contributed by atoms with van der Waals surface area (Å²) in [5.74, 6) is 0.721. The Balaban J connectivity index is 1.34. The zero-order valence-corrected chi connectivity index (χ0v) is 22.9. The molecule has 2 N–H and O–H groups in total. The molecule has 0 aliphatic rings. The number of hydrogen-bond acceptors (Lipinski definition) is 6. The highest BCUT2D eigenvalue weighted by molar-refractivity contribution is 9.10. The lowest BCUT2D eigenvalue weighted by atomic mass is 10.1. The molecule has 0 aliphatic carbocycles. The number of benzene rings is 3. The Morgan fingerprint density at radius 1 is 0.974 bits per heavy atom. The molecule has 11 heteroatoms. The third-order valence-electron chi connectivity index (χ3n) is 5.78. The van der Waals surface area contributed by atoms with Crippen LogP contribution in [0.15, 0.2) is 94.4 Å². The van der Waals surface area contributed by atoms with Crippen molar-refractivity contribution in [3.05, 3.63) is 111 Å². The number of nitrogens with one attached hydrogen (secondary N) is 2. The minimum atomic E-state index is -3.77. The Morgan fingerprint density at radius 3 is 2.53 bits per heavy atom. The lowest BCUT2D eigenvalue weighted by Gasteiger charge is -2.13. The molecule has 2 heterocycles. The highest BCUT2D eigenvalue weighted by Crippen LogP contribution is 2.30. The zero-order valence-electron chi connectivity index (χ0n) is 19.8. The second kappa shape index (κ2) is 10.9. The molecule has 0 aliphatic heterocycles. The van der Waals surface area contributed by atoms with Gasteiger partial charge in [0, 0.05) is 29.7 Å². The van der Waals surface area contributed by atoms with Crippen molar-refractivity contribution in [2.24, 2.45) is 0 Å². The van der Waals surface area contributed by atoms with Crippen molar-refractivity contribution in [1.82, 2.24) is 19.3 Å². The molecule has 0 amide bonds. The lowest BCUT2D eigenvalue weighted by Crippen LogP contribution is -2.23. The van der Waals surface area contributed by atoms with Crippen LogP contribution in [0, 0.1) is 11.3 Å². The first kappa shape index (κ1) is 25.9. The van der Waals surface area contributed by atoms with E-state index in [4.69, 9.17) is 21.8 Å². The monoisotopic (exact) mass is 606 g/mol. The molecule has 3 aromatic carbocycles. The smallest absolute Gasteiger partial charge is 0.240 e. The number of nitriles is 1. The predicted molar refractivity (Wildman–Crippen MR) is 150 cm³/mol. The third kappa shape index (κ3) is 5.56. The second-order valence-corrected chi connectivity index (χ2v) is 11.4. The number of rotatable bonds is 8. The molecular weight excluding hydrogens is 588 g/mol. The van der Waals surface area contributed by atoms with Crippen molar-refractivity contribution in [1.29, 1.82) is 5.26 Å². The van der Waals surface area contributed by atoms with Crippen LogP contribution in [0.2, 0.25) is 5.02 Å². The van der Waals surface area contributed by atoms with Gasteiger partial charge < -0.3 is 5.32 Å². The minimum Gasteiger partial charge on any atom is -0.366 e. The molecule has 0 unspecified atom stereocenters. The van der Waals surface area contributed by atoms with Gasteiger partial charge in [-0.25, -0.2) is 18.1 Å². The highest BCUT2D eigenvalue weighted by atomic mass is 79.9. The van der Waals surface area contributed by atoms with Crippen molar-refractivity contribution >= 4 is 49.0 Å². The predicted octanol–water partition coefficient (Wildman–Crippen LogP) is 5.77. The number of nitrogens with zero attached hydrogens (tertiary/aromatic N) is 4. The molecular formula is C27H20BrClN6O2S. The van der Waals surface area contributed by atoms with Crippen LogP contribution in [-0.2, 0) is 23.1 Å². The average molecular weight is 608 g/mol. The second-order valence-electron chi connectivity index (χ2n) is 8.37. The van der Waals surface area contributed by atoms with E-state index in [9.17, 15) is 8.42 Å². The van der Waals surface area contributed by atoms with Crippen molar-refractivity contribution in [2.45, 2.75) is 18.0 Å². The van der Waals surface area contributed by atoms with Crippen LogP contribution in [0.25, 0.3) is 16.9 Å². The van der Waals surface area contributed by atoms with Crippen molar-refractivity contribution in [3.8, 4) is 17.3 Å². The van der Waals surface area contributed by atoms with Gasteiger partial charge in [-0.2, -0.15) is 14.9 Å². The molecule has 0 atom stereocenters. The first-order valence-corrected chi connectivity index (χ1v) is 14.1. The van der Waals surface area contributed by atoms with Crippen LogP contribution >= 0.6 is 27.5 Å². The Labute approximate surface area is 233 Å². The van der Waals surface area contributed by atoms with E-state index in [2.05, 4.69) is 31.1 Å². The first-order valence-electron chi connectivity index (χ1n) is 11.4. The van der Waals surface area contributed by atoms with E-state index in [0.717, 1.165) is 27.0 Å². The molecule has 5 rings (SSSR count). The summed E-state index contributed by atoms with van der Waals surface area (Å²) >= 11 is 9.94. The molecule has 2 aromatic heterocycles. The number of fused-ring (bicyclic) bond motifs is 1. The Kier molecular flexibility index (Phi) is 7.44. The number of aromatic nitrogens is 3. The van der Waals surface area contributed by atoms with Crippen LogP contribution in [0.3, 0.4) is 0 Å². The number of anilines is 1. The molecule has 0 saturated heterocycles. The molecule has 190 valence electrons. The van der Waals surface area contributed by atoms with Gasteiger partial charge in [-0.3, -0.25) is 0 Å². The van der Waals surface area contributed by atoms with E-state index >= 15 is 0 Å². The van der Waals surface area contributed by atoms with Gasteiger partial charge in [-0.05, 0) is 51.3 Å². The normalized spacial score (nSPS) is 11.4. The van der Waals surface area contributed by atoms with Crippen LogP contribution in [0.1, 0.15) is 16.7 Å². The molecule has 0 radical (unpaired) electrons. The van der Waals surface area contributed by atoms with E-state index in [1.807, 2.05) is 60.7 Å². The van der Waals surface area contributed by atoms with Gasteiger partial charge in [0.1, 0.15) is 5.82 Å². The Bertz CT molecular complexity index is 1800. The summed E-state index contributed by atoms with van der Waals surface area (Å²) in [5.41, 5.74) is 4.19. The van der Waals surface area contributed by atoms with Crippen molar-refractivity contribution in [3.63, 3.8) is 0 Å². The summed E-state index contributed by atoms with van der Waals surface area (Å²) in [6.45, 7) is 0.568. The van der Waals surface area contributed by atoms with E-state index in [1.54, 1.807) is 22.8 Å². The van der Waals surface area contributed by atoms with Gasteiger partial charge in [0.05, 0.1) is 32.9 Å². The number of hydrogen-bond donors (Lipinski definition) is 2. The van der Waals surface area contributed by atoms with Crippen LogP contribution in [-0.4, -0.2) is 23.0 Å². The average Bonchev–Trinajstić information content (AvgIpc) is 3.31. The van der Waals surface area contributed by atoms with E-state index < -0.39 is 10.0 Å². The third-order valence-corrected chi connectivity index (χ3v) is 8.07. The summed E-state index contributed by atoms with van der Waals surface area (Å²) in [6, 6.07) is 24.9. The first-order chi connectivity index (χ1) is 18.3. The maximum absolute atomic E-state index is 12.7. The summed E-state index contributed by atoms with van der Waals surface area (Å²) in [7, 11) is -3.77. The van der Waals surface area contributed by atoms with E-state index in [1.165, 1.54) is 12.1 Å². The lowest BCUT2D eigenvalue weighted by molar-refractivity contribution is 0.581. The highest BCUT2D eigenvalue weighted by Gasteiger charge is 2.15.